The molecule has 0 aliphatic carbocycles. The minimum Gasteiger partial charge on any atom is -0.497 e. The van der Waals surface area contributed by atoms with Gasteiger partial charge >= 0.3 is 0 Å². The van der Waals surface area contributed by atoms with Crippen molar-refractivity contribution in [3.8, 4) is 11.5 Å². The third kappa shape index (κ3) is 12.6. The van der Waals surface area contributed by atoms with Crippen LogP contribution in [0.3, 0.4) is 0 Å². The predicted octanol–water partition coefficient (Wildman–Crippen LogP) is 5.68. The third-order valence-corrected chi connectivity index (χ3v) is 5.89. The second kappa shape index (κ2) is 20.6. The van der Waals surface area contributed by atoms with Crippen LogP contribution >= 0.6 is 11.8 Å². The Morgan fingerprint density at radius 2 is 1.35 bits per heavy atom. The van der Waals surface area contributed by atoms with Crippen LogP contribution in [0.15, 0.2) is 48.5 Å². The maximum Gasteiger partial charge on any atom is 0.126 e. The summed E-state index contributed by atoms with van der Waals surface area (Å²) in [5.41, 5.74) is 1.60. The van der Waals surface area contributed by atoms with Gasteiger partial charge in [0.2, 0.25) is 0 Å². The summed E-state index contributed by atoms with van der Waals surface area (Å²) in [6, 6.07) is 15.2. The molecule has 0 radical (unpaired) electrons. The van der Waals surface area contributed by atoms with Crippen LogP contribution in [0.1, 0.15) is 52.2 Å². The van der Waals surface area contributed by atoms with E-state index < -0.39 is 5.44 Å². The molecular formula is C27H44O6S. The number of hydrogen-bond acceptors (Lipinski definition) is 7. The topological polar surface area (TPSA) is 77.4 Å². The molecule has 6 nitrogen and oxygen atoms in total. The van der Waals surface area contributed by atoms with Crippen molar-refractivity contribution in [1.29, 1.82) is 0 Å². The Hall–Kier alpha value is -1.77. The van der Waals surface area contributed by atoms with Gasteiger partial charge in [0.1, 0.15) is 16.9 Å². The maximum absolute atomic E-state index is 9.83. The van der Waals surface area contributed by atoms with Crippen molar-refractivity contribution in [2.75, 3.05) is 27.4 Å². The predicted molar refractivity (Wildman–Crippen MR) is 142 cm³/mol. The van der Waals surface area contributed by atoms with E-state index in [4.69, 9.17) is 24.1 Å². The molecular weight excluding hydrogens is 452 g/mol. The largest absolute Gasteiger partial charge is 0.497 e. The molecule has 0 aromatic heterocycles. The summed E-state index contributed by atoms with van der Waals surface area (Å²) in [5, 5.41) is 18.8. The van der Waals surface area contributed by atoms with Crippen molar-refractivity contribution < 1.29 is 29.2 Å². The summed E-state index contributed by atoms with van der Waals surface area (Å²) in [4.78, 5) is 0. The number of benzene rings is 2. The Labute approximate surface area is 210 Å². The highest BCUT2D eigenvalue weighted by molar-refractivity contribution is 8.00. The van der Waals surface area contributed by atoms with E-state index in [9.17, 15) is 5.11 Å². The van der Waals surface area contributed by atoms with E-state index in [1.807, 2.05) is 83.1 Å². The lowest BCUT2D eigenvalue weighted by atomic mass is 10.2. The molecule has 0 bridgehead atoms. The van der Waals surface area contributed by atoms with E-state index in [2.05, 4.69) is 0 Å². The van der Waals surface area contributed by atoms with Crippen LogP contribution in [0.4, 0.5) is 0 Å². The first-order valence-electron chi connectivity index (χ1n) is 12.0. The van der Waals surface area contributed by atoms with Crippen LogP contribution < -0.4 is 9.47 Å². The third-order valence-electron chi connectivity index (χ3n) is 4.60. The zero-order chi connectivity index (χ0) is 25.8. The Bertz CT molecular complexity index is 685. The zero-order valence-corrected chi connectivity index (χ0v) is 22.6. The Kier molecular flexibility index (Phi) is 19.5. The van der Waals surface area contributed by atoms with Crippen LogP contribution in [-0.2, 0) is 22.7 Å². The van der Waals surface area contributed by atoms with Gasteiger partial charge in [-0.25, -0.2) is 0 Å². The van der Waals surface area contributed by atoms with Crippen LogP contribution in [0.2, 0.25) is 0 Å². The molecule has 2 N–H and O–H groups in total. The van der Waals surface area contributed by atoms with E-state index in [1.165, 1.54) is 0 Å². The highest BCUT2D eigenvalue weighted by Gasteiger charge is 2.34. The van der Waals surface area contributed by atoms with Gasteiger partial charge in [0.25, 0.3) is 0 Å². The van der Waals surface area contributed by atoms with Crippen molar-refractivity contribution in [2.24, 2.45) is 0 Å². The highest BCUT2D eigenvalue weighted by Crippen LogP contribution is 2.34. The van der Waals surface area contributed by atoms with Crippen LogP contribution in [0, 0.1) is 0 Å². The van der Waals surface area contributed by atoms with Crippen molar-refractivity contribution in [1.82, 2.24) is 0 Å². The lowest BCUT2D eigenvalue weighted by Crippen LogP contribution is -2.21. The van der Waals surface area contributed by atoms with Gasteiger partial charge in [-0.1, -0.05) is 52.0 Å². The van der Waals surface area contributed by atoms with Crippen molar-refractivity contribution >= 4 is 11.8 Å². The SMILES string of the molecule is CC.CC.CCOC1CC(COCc2ccc(OC)cc2)SC1O.COc1ccc(CO)cc1. The Morgan fingerprint density at radius 3 is 1.79 bits per heavy atom. The van der Waals surface area contributed by atoms with E-state index >= 15 is 0 Å². The summed E-state index contributed by atoms with van der Waals surface area (Å²) in [7, 11) is 3.27. The minimum absolute atomic E-state index is 0.0559. The first-order valence-corrected chi connectivity index (χ1v) is 12.9. The number of aliphatic hydroxyl groups excluding tert-OH is 2. The second-order valence-electron chi connectivity index (χ2n) is 6.75. The van der Waals surface area contributed by atoms with Crippen LogP contribution in [0.25, 0.3) is 0 Å². The van der Waals surface area contributed by atoms with Gasteiger partial charge in [-0.05, 0) is 48.7 Å². The summed E-state index contributed by atoms with van der Waals surface area (Å²) in [6.45, 7) is 11.9. The maximum atomic E-state index is 9.83. The Morgan fingerprint density at radius 1 is 0.853 bits per heavy atom. The second-order valence-corrected chi connectivity index (χ2v) is 8.17. The van der Waals surface area contributed by atoms with Crippen molar-refractivity contribution in [2.45, 2.75) is 71.0 Å². The minimum atomic E-state index is -0.426. The van der Waals surface area contributed by atoms with Gasteiger partial charge in [-0.15, -0.1) is 11.8 Å². The smallest absolute Gasteiger partial charge is 0.126 e. The van der Waals surface area contributed by atoms with Crippen LogP contribution in [-0.4, -0.2) is 54.4 Å². The van der Waals surface area contributed by atoms with Gasteiger partial charge in [0, 0.05) is 11.9 Å². The number of ether oxygens (including phenoxy) is 4. The average molecular weight is 497 g/mol. The van der Waals surface area contributed by atoms with E-state index in [1.54, 1.807) is 26.0 Å². The fourth-order valence-corrected chi connectivity index (χ4v) is 4.18. The molecule has 7 heteroatoms. The van der Waals surface area contributed by atoms with E-state index in [0.29, 0.717) is 25.1 Å². The van der Waals surface area contributed by atoms with Crippen molar-refractivity contribution in [3.05, 3.63) is 59.7 Å². The molecule has 2 aromatic carbocycles. The molecule has 1 heterocycles. The van der Waals surface area contributed by atoms with Gasteiger partial charge < -0.3 is 29.2 Å². The van der Waals surface area contributed by atoms with Gasteiger partial charge in [-0.3, -0.25) is 0 Å². The fraction of sp³-hybridized carbons (Fsp3) is 0.556. The van der Waals surface area contributed by atoms with E-state index in [0.717, 1.165) is 29.0 Å². The zero-order valence-electron chi connectivity index (χ0n) is 21.8. The molecule has 0 saturated carbocycles. The first-order chi connectivity index (χ1) is 16.6. The monoisotopic (exact) mass is 496 g/mol. The van der Waals surface area contributed by atoms with Crippen molar-refractivity contribution in [3.63, 3.8) is 0 Å². The molecule has 0 amide bonds. The molecule has 3 atom stereocenters. The molecule has 194 valence electrons. The molecule has 34 heavy (non-hydrogen) atoms. The molecule has 1 fully saturated rings. The number of rotatable bonds is 9. The van der Waals surface area contributed by atoms with Gasteiger partial charge in [0.15, 0.2) is 0 Å². The fourth-order valence-electron chi connectivity index (χ4n) is 2.95. The standard InChI is InChI=1S/C15H22O4S.C8H10O2.2C2H6/c1-3-19-14-8-13(20-15(14)16)10-18-9-11-4-6-12(17-2)7-5-11;1-10-8-4-2-7(6-9)3-5-8;2*1-2/h4-7,13-16H,3,8-10H2,1-2H3;2-5,9H,6H2,1H3;2*1-2H3. The summed E-state index contributed by atoms with van der Waals surface area (Å²) < 4.78 is 21.3. The highest BCUT2D eigenvalue weighted by atomic mass is 32.2. The quantitative estimate of drug-likeness (QED) is 0.462. The summed E-state index contributed by atoms with van der Waals surface area (Å²) in [5.74, 6) is 1.67. The van der Waals surface area contributed by atoms with Gasteiger partial charge in [0.05, 0.1) is 40.1 Å². The number of thioether (sulfide) groups is 1. The Balaban J connectivity index is 0.000000653. The summed E-state index contributed by atoms with van der Waals surface area (Å²) >= 11 is 1.54. The molecule has 1 aliphatic rings. The van der Waals surface area contributed by atoms with Crippen LogP contribution in [0.5, 0.6) is 11.5 Å². The normalized spacial score (nSPS) is 18.3. The average Bonchev–Trinajstić information content (AvgIpc) is 3.26. The van der Waals surface area contributed by atoms with Gasteiger partial charge in [-0.2, -0.15) is 0 Å². The molecule has 1 aliphatic heterocycles. The first kappa shape index (κ1) is 32.2. The molecule has 2 aromatic rings. The number of methoxy groups -OCH3 is 2. The number of aliphatic hydroxyl groups is 2. The number of hydrogen-bond donors (Lipinski definition) is 2. The molecule has 0 spiro atoms. The molecule has 3 unspecified atom stereocenters. The summed E-state index contributed by atoms with van der Waals surface area (Å²) in [6.07, 6.45) is 0.794. The van der Waals surface area contributed by atoms with E-state index in [-0.39, 0.29) is 12.7 Å². The lowest BCUT2D eigenvalue weighted by molar-refractivity contribution is 0.00516. The molecule has 1 saturated heterocycles. The molecule has 3 rings (SSSR count). The lowest BCUT2D eigenvalue weighted by Gasteiger charge is -2.12.